The Bertz CT molecular complexity index is 806. The molecule has 0 aliphatic carbocycles. The average Bonchev–Trinajstić information content (AvgIpc) is 2.55. The van der Waals surface area contributed by atoms with E-state index in [1.807, 2.05) is 30.3 Å². The highest BCUT2D eigenvalue weighted by Gasteiger charge is 2.25. The van der Waals surface area contributed by atoms with Crippen molar-refractivity contribution in [1.29, 1.82) is 0 Å². The minimum Gasteiger partial charge on any atom is -0.468 e. The molecule has 0 aliphatic rings. The molecule has 0 bridgehead atoms. The third-order valence-electron chi connectivity index (χ3n) is 3.57. The van der Waals surface area contributed by atoms with E-state index in [1.165, 1.54) is 19.2 Å². The van der Waals surface area contributed by atoms with Crippen LogP contribution >= 0.6 is 0 Å². The summed E-state index contributed by atoms with van der Waals surface area (Å²) in [5, 5.41) is 0. The van der Waals surface area contributed by atoms with Crippen LogP contribution in [0, 0.1) is 0 Å². The molecular formula is C18H18O4S. The van der Waals surface area contributed by atoms with Crippen molar-refractivity contribution < 1.29 is 17.9 Å². The normalized spacial score (nSPS) is 12.4. The number of carbonyl (C=O) groups excluding carboxylic acids is 1. The minimum absolute atomic E-state index is 0.225. The number of sulfone groups is 1. The van der Waals surface area contributed by atoms with E-state index in [-0.39, 0.29) is 4.90 Å². The molecule has 0 fully saturated rings. The third kappa shape index (κ3) is 3.87. The summed E-state index contributed by atoms with van der Waals surface area (Å²) in [5.41, 5.74) is 2.02. The molecule has 0 spiro atoms. The first-order valence-electron chi connectivity index (χ1n) is 6.96. The molecule has 0 saturated carbocycles. The quantitative estimate of drug-likeness (QED) is 0.791. The Hall–Kier alpha value is -2.40. The Labute approximate surface area is 136 Å². The van der Waals surface area contributed by atoms with Crippen molar-refractivity contribution in [2.24, 2.45) is 0 Å². The number of ether oxygens (including phenoxy) is 1. The van der Waals surface area contributed by atoms with Gasteiger partial charge in [0.25, 0.3) is 0 Å². The van der Waals surface area contributed by atoms with Gasteiger partial charge in [-0.05, 0) is 28.8 Å². The molecule has 23 heavy (non-hydrogen) atoms. The molecule has 1 atom stereocenters. The first-order chi connectivity index (χ1) is 10.8. The van der Waals surface area contributed by atoms with Gasteiger partial charge in [-0.3, -0.25) is 4.79 Å². The molecule has 0 heterocycles. The maximum atomic E-state index is 12.2. The first-order valence-corrected chi connectivity index (χ1v) is 8.86. The van der Waals surface area contributed by atoms with Crippen molar-refractivity contribution in [2.45, 2.75) is 10.8 Å². The number of esters is 1. The average molecular weight is 330 g/mol. The van der Waals surface area contributed by atoms with Gasteiger partial charge in [-0.1, -0.05) is 49.0 Å². The van der Waals surface area contributed by atoms with E-state index >= 15 is 0 Å². The van der Waals surface area contributed by atoms with Crippen LogP contribution in [0.15, 0.2) is 66.1 Å². The Morgan fingerprint density at radius 3 is 2.09 bits per heavy atom. The molecule has 0 saturated heterocycles. The Kier molecular flexibility index (Phi) is 5.01. The van der Waals surface area contributed by atoms with Gasteiger partial charge in [0.1, 0.15) is 5.92 Å². The fraction of sp³-hybridized carbons (Fsp3) is 0.167. The van der Waals surface area contributed by atoms with Crippen LogP contribution in [-0.2, 0) is 19.4 Å². The van der Waals surface area contributed by atoms with Gasteiger partial charge < -0.3 is 4.74 Å². The van der Waals surface area contributed by atoms with Gasteiger partial charge in [0.2, 0.25) is 0 Å². The fourth-order valence-electron chi connectivity index (χ4n) is 2.33. The minimum atomic E-state index is -3.26. The van der Waals surface area contributed by atoms with Gasteiger partial charge in [0, 0.05) is 6.26 Å². The highest BCUT2D eigenvalue weighted by Crippen LogP contribution is 2.32. The predicted octanol–water partition coefficient (Wildman–Crippen LogP) is 3.06. The smallest absolute Gasteiger partial charge is 0.317 e. The molecular weight excluding hydrogens is 312 g/mol. The summed E-state index contributed by atoms with van der Waals surface area (Å²) in [7, 11) is -1.93. The molecule has 5 heteroatoms. The van der Waals surface area contributed by atoms with Gasteiger partial charge >= 0.3 is 5.97 Å². The van der Waals surface area contributed by atoms with Crippen LogP contribution in [0.1, 0.15) is 17.0 Å². The summed E-state index contributed by atoms with van der Waals surface area (Å²) in [6.07, 6.45) is 1.15. The number of rotatable bonds is 5. The topological polar surface area (TPSA) is 60.4 Å². The molecule has 120 valence electrons. The zero-order chi connectivity index (χ0) is 17.0. The van der Waals surface area contributed by atoms with E-state index in [0.717, 1.165) is 11.8 Å². The summed E-state index contributed by atoms with van der Waals surface area (Å²) in [5.74, 6) is -1.04. The lowest BCUT2D eigenvalue weighted by Crippen LogP contribution is -2.15. The Morgan fingerprint density at radius 1 is 1.04 bits per heavy atom. The van der Waals surface area contributed by atoms with Crippen molar-refractivity contribution in [1.82, 2.24) is 0 Å². The molecule has 1 unspecified atom stereocenters. The SMILES string of the molecule is C=C(c1ccc(S(C)(=O)=O)cc1)C(C(=O)OC)c1ccccc1. The summed E-state index contributed by atoms with van der Waals surface area (Å²) < 4.78 is 27.9. The van der Waals surface area contributed by atoms with Crippen LogP contribution in [0.3, 0.4) is 0 Å². The molecule has 0 aliphatic heterocycles. The predicted molar refractivity (Wildman–Crippen MR) is 89.8 cm³/mol. The van der Waals surface area contributed by atoms with Crippen molar-refractivity contribution in [2.75, 3.05) is 13.4 Å². The van der Waals surface area contributed by atoms with Crippen molar-refractivity contribution in [3.63, 3.8) is 0 Å². The number of hydrogen-bond acceptors (Lipinski definition) is 4. The second-order valence-corrected chi connectivity index (χ2v) is 7.20. The van der Waals surface area contributed by atoms with Crippen LogP contribution in [0.2, 0.25) is 0 Å². The van der Waals surface area contributed by atoms with Crippen molar-refractivity contribution in [3.8, 4) is 0 Å². The highest BCUT2D eigenvalue weighted by atomic mass is 32.2. The second kappa shape index (κ2) is 6.79. The number of methoxy groups -OCH3 is 1. The van der Waals surface area contributed by atoms with Crippen LogP contribution in [0.4, 0.5) is 0 Å². The summed E-state index contributed by atoms with van der Waals surface area (Å²) >= 11 is 0. The van der Waals surface area contributed by atoms with E-state index < -0.39 is 21.7 Å². The number of benzene rings is 2. The number of hydrogen-bond donors (Lipinski definition) is 0. The molecule has 0 N–H and O–H groups in total. The number of carbonyl (C=O) groups is 1. The Morgan fingerprint density at radius 2 is 1.61 bits per heavy atom. The monoisotopic (exact) mass is 330 g/mol. The molecule has 4 nitrogen and oxygen atoms in total. The lowest BCUT2D eigenvalue weighted by atomic mass is 9.88. The van der Waals surface area contributed by atoms with E-state index in [4.69, 9.17) is 4.74 Å². The first kappa shape index (κ1) is 17.0. The van der Waals surface area contributed by atoms with E-state index in [0.29, 0.717) is 11.1 Å². The Balaban J connectivity index is 2.40. The van der Waals surface area contributed by atoms with Crippen molar-refractivity contribution >= 4 is 21.4 Å². The standard InChI is InChI=1S/C18H18O4S/c1-13(14-9-11-16(12-10-14)23(3,20)21)17(18(19)22-2)15-7-5-4-6-8-15/h4-12,17H,1H2,2-3H3. The summed E-state index contributed by atoms with van der Waals surface area (Å²) in [6, 6.07) is 15.5. The van der Waals surface area contributed by atoms with Crippen LogP contribution in [0.5, 0.6) is 0 Å². The second-order valence-electron chi connectivity index (χ2n) is 5.19. The summed E-state index contributed by atoms with van der Waals surface area (Å²) in [6.45, 7) is 4.01. The largest absolute Gasteiger partial charge is 0.468 e. The zero-order valence-electron chi connectivity index (χ0n) is 13.0. The highest BCUT2D eigenvalue weighted by molar-refractivity contribution is 7.90. The van der Waals surface area contributed by atoms with Gasteiger partial charge in [-0.25, -0.2) is 8.42 Å². The van der Waals surface area contributed by atoms with Gasteiger partial charge in [-0.15, -0.1) is 0 Å². The lowest BCUT2D eigenvalue weighted by molar-refractivity contribution is -0.140. The van der Waals surface area contributed by atoms with Gasteiger partial charge in [-0.2, -0.15) is 0 Å². The zero-order valence-corrected chi connectivity index (χ0v) is 13.8. The van der Waals surface area contributed by atoms with Gasteiger partial charge in [0.15, 0.2) is 9.84 Å². The van der Waals surface area contributed by atoms with E-state index in [1.54, 1.807) is 12.1 Å². The van der Waals surface area contributed by atoms with Crippen LogP contribution in [-0.4, -0.2) is 27.8 Å². The molecule has 2 aromatic carbocycles. The van der Waals surface area contributed by atoms with E-state index in [9.17, 15) is 13.2 Å². The molecule has 0 amide bonds. The van der Waals surface area contributed by atoms with E-state index in [2.05, 4.69) is 6.58 Å². The molecule has 0 aromatic heterocycles. The summed E-state index contributed by atoms with van der Waals surface area (Å²) in [4.78, 5) is 12.4. The maximum Gasteiger partial charge on any atom is 0.317 e. The van der Waals surface area contributed by atoms with Crippen molar-refractivity contribution in [3.05, 3.63) is 72.3 Å². The third-order valence-corrected chi connectivity index (χ3v) is 4.70. The van der Waals surface area contributed by atoms with Crippen LogP contribution < -0.4 is 0 Å². The lowest BCUT2D eigenvalue weighted by Gasteiger charge is -2.18. The van der Waals surface area contributed by atoms with Crippen LogP contribution in [0.25, 0.3) is 5.57 Å². The molecule has 2 aromatic rings. The molecule has 0 radical (unpaired) electrons. The fourth-order valence-corrected chi connectivity index (χ4v) is 2.96. The molecule has 2 rings (SSSR count). The maximum absolute atomic E-state index is 12.2. The van der Waals surface area contributed by atoms with Gasteiger partial charge in [0.05, 0.1) is 12.0 Å².